The Morgan fingerprint density at radius 2 is 0.712 bits per heavy atom. The zero-order valence-corrected chi connectivity index (χ0v) is 29.0. The molecule has 6 heterocycles. The van der Waals surface area contributed by atoms with Gasteiger partial charge in [0.1, 0.15) is 22.2 Å². The van der Waals surface area contributed by atoms with E-state index in [0.29, 0.717) is 0 Å². The average molecular weight is 701 g/mol. The van der Waals surface area contributed by atoms with Gasteiger partial charge in [0.05, 0.1) is 20.4 Å². The molecule has 0 unspecified atom stereocenters. The lowest BCUT2D eigenvalue weighted by atomic mass is 9.97. The van der Waals surface area contributed by atoms with Crippen molar-refractivity contribution in [1.82, 2.24) is 9.97 Å². The van der Waals surface area contributed by atoms with Crippen LogP contribution in [0.2, 0.25) is 0 Å². The number of rotatable bonds is 3. The predicted octanol–water partition coefficient (Wildman–Crippen LogP) is 14.0. The minimum absolute atomic E-state index is 0.833. The lowest BCUT2D eigenvalue weighted by molar-refractivity contribution is 0.669. The van der Waals surface area contributed by atoms with E-state index < -0.39 is 0 Å². The summed E-state index contributed by atoms with van der Waals surface area (Å²) in [4.78, 5) is 10.4. The first-order valence-electron chi connectivity index (χ1n) is 17.2. The molecule has 6 heteroatoms. The average Bonchev–Trinajstić information content (AvgIpc) is 3.96. The van der Waals surface area contributed by atoms with E-state index in [0.717, 1.165) is 98.0 Å². The third-order valence-electron chi connectivity index (χ3n) is 10.3. The van der Waals surface area contributed by atoms with Crippen molar-refractivity contribution < 1.29 is 8.83 Å². The van der Waals surface area contributed by atoms with Crippen molar-refractivity contribution in [2.45, 2.75) is 0 Å². The molecule has 52 heavy (non-hydrogen) atoms. The molecule has 0 fully saturated rings. The molecular formula is C46H24N2O2S2. The van der Waals surface area contributed by atoms with Gasteiger partial charge in [-0.25, -0.2) is 9.97 Å². The summed E-state index contributed by atoms with van der Waals surface area (Å²) in [6, 6.07) is 51.2. The Balaban J connectivity index is 1.00. The Morgan fingerprint density at radius 1 is 0.346 bits per heavy atom. The maximum Gasteiger partial charge on any atom is 0.163 e. The van der Waals surface area contributed by atoms with Gasteiger partial charge in [-0.15, -0.1) is 22.7 Å². The summed E-state index contributed by atoms with van der Waals surface area (Å²) in [5, 5.41) is 4.42. The van der Waals surface area contributed by atoms with Crippen LogP contribution in [0.15, 0.2) is 154 Å². The fourth-order valence-corrected chi connectivity index (χ4v) is 10.3. The Labute approximate surface area is 303 Å². The van der Waals surface area contributed by atoms with Crippen molar-refractivity contribution in [3.8, 4) is 33.4 Å². The van der Waals surface area contributed by atoms with Gasteiger partial charge in [-0.2, -0.15) is 0 Å². The van der Waals surface area contributed by atoms with E-state index >= 15 is 0 Å². The van der Waals surface area contributed by atoms with Crippen LogP contribution < -0.4 is 0 Å². The van der Waals surface area contributed by atoms with E-state index in [9.17, 15) is 0 Å². The molecule has 242 valence electrons. The van der Waals surface area contributed by atoms with Crippen LogP contribution in [0.3, 0.4) is 0 Å². The lowest BCUT2D eigenvalue weighted by Crippen LogP contribution is -1.86. The molecule has 0 spiro atoms. The van der Waals surface area contributed by atoms with Crippen molar-refractivity contribution in [2.24, 2.45) is 0 Å². The van der Waals surface area contributed by atoms with Crippen LogP contribution in [0.4, 0.5) is 0 Å². The summed E-state index contributed by atoms with van der Waals surface area (Å²) in [5.74, 6) is 0. The van der Waals surface area contributed by atoms with Crippen molar-refractivity contribution in [3.05, 3.63) is 146 Å². The Kier molecular flexibility index (Phi) is 5.78. The van der Waals surface area contributed by atoms with Crippen LogP contribution in [0.5, 0.6) is 0 Å². The molecule has 0 saturated carbocycles. The summed E-state index contributed by atoms with van der Waals surface area (Å²) < 4.78 is 17.8. The maximum absolute atomic E-state index is 6.54. The summed E-state index contributed by atoms with van der Waals surface area (Å²) in [6.45, 7) is 0. The standard InChI is InChI=1S/C46H24N2O2S2/c1-5-13-33-29(9-1)39-43(49-33)37(45-41(47-39)31-11-3-7-15-35(31)51-45)27-21-17-25(18-22-27)26-19-23-28(24-20-26)38-44-40(30-10-2-6-14-34(30)50-44)48-42-32-12-4-8-16-36(32)52-46(38)42/h1-24H. The zero-order valence-electron chi connectivity index (χ0n) is 27.4. The maximum atomic E-state index is 6.54. The highest BCUT2D eigenvalue weighted by Gasteiger charge is 2.23. The van der Waals surface area contributed by atoms with Gasteiger partial charge in [-0.1, -0.05) is 109 Å². The molecule has 6 aromatic carbocycles. The molecule has 0 radical (unpaired) electrons. The van der Waals surface area contributed by atoms with Crippen molar-refractivity contribution in [1.29, 1.82) is 0 Å². The molecule has 6 aromatic heterocycles. The first-order chi connectivity index (χ1) is 25.8. The van der Waals surface area contributed by atoms with E-state index in [-0.39, 0.29) is 0 Å². The number of thiophene rings is 2. The largest absolute Gasteiger partial charge is 0.454 e. The van der Waals surface area contributed by atoms with Gasteiger partial charge in [-0.05, 0) is 58.7 Å². The first-order valence-corrected chi connectivity index (χ1v) is 18.9. The summed E-state index contributed by atoms with van der Waals surface area (Å²) in [7, 11) is 0. The highest BCUT2D eigenvalue weighted by Crippen LogP contribution is 2.47. The number of furan rings is 2. The smallest absolute Gasteiger partial charge is 0.163 e. The van der Waals surface area contributed by atoms with Crippen molar-refractivity contribution >= 4 is 107 Å². The van der Waals surface area contributed by atoms with Crippen molar-refractivity contribution in [3.63, 3.8) is 0 Å². The molecule has 0 amide bonds. The molecule has 0 aliphatic carbocycles. The second kappa shape index (κ2) is 10.6. The molecule has 12 rings (SSSR count). The highest BCUT2D eigenvalue weighted by atomic mass is 32.1. The summed E-state index contributed by atoms with van der Waals surface area (Å²) in [5.41, 5.74) is 13.9. The Morgan fingerprint density at radius 3 is 1.15 bits per heavy atom. The van der Waals surface area contributed by atoms with Gasteiger partial charge in [-0.3, -0.25) is 0 Å². The van der Waals surface area contributed by atoms with Gasteiger partial charge in [0, 0.05) is 42.1 Å². The predicted molar refractivity (Wildman–Crippen MR) is 219 cm³/mol. The van der Waals surface area contributed by atoms with Crippen molar-refractivity contribution in [2.75, 3.05) is 0 Å². The number of hydrogen-bond acceptors (Lipinski definition) is 6. The second-order valence-corrected chi connectivity index (χ2v) is 15.3. The van der Waals surface area contributed by atoms with Crippen LogP contribution in [-0.2, 0) is 0 Å². The summed E-state index contributed by atoms with van der Waals surface area (Å²) in [6.07, 6.45) is 0. The monoisotopic (exact) mass is 700 g/mol. The van der Waals surface area contributed by atoms with Gasteiger partial charge < -0.3 is 8.83 Å². The quantitative estimate of drug-likeness (QED) is 0.184. The molecule has 12 aromatic rings. The Hall–Kier alpha value is -6.34. The van der Waals surface area contributed by atoms with Crippen LogP contribution >= 0.6 is 22.7 Å². The zero-order chi connectivity index (χ0) is 33.9. The molecule has 0 aliphatic rings. The van der Waals surface area contributed by atoms with E-state index in [1.165, 1.54) is 20.2 Å². The van der Waals surface area contributed by atoms with Crippen LogP contribution in [-0.4, -0.2) is 9.97 Å². The summed E-state index contributed by atoms with van der Waals surface area (Å²) >= 11 is 3.56. The van der Waals surface area contributed by atoms with Crippen LogP contribution in [0.25, 0.3) is 118 Å². The molecule has 0 saturated heterocycles. The third kappa shape index (κ3) is 3.96. The number of hydrogen-bond donors (Lipinski definition) is 0. The third-order valence-corrected chi connectivity index (χ3v) is 12.7. The van der Waals surface area contributed by atoms with Gasteiger partial charge in [0.15, 0.2) is 11.2 Å². The van der Waals surface area contributed by atoms with Crippen LogP contribution in [0.1, 0.15) is 0 Å². The fourth-order valence-electron chi connectivity index (χ4n) is 7.86. The number of nitrogens with zero attached hydrogens (tertiary/aromatic N) is 2. The number of fused-ring (bicyclic) bond motifs is 12. The molecule has 0 bridgehead atoms. The molecule has 4 nitrogen and oxygen atoms in total. The highest BCUT2D eigenvalue weighted by molar-refractivity contribution is 7.26. The van der Waals surface area contributed by atoms with E-state index in [1.54, 1.807) is 22.7 Å². The number of aromatic nitrogens is 2. The topological polar surface area (TPSA) is 52.1 Å². The van der Waals surface area contributed by atoms with E-state index in [2.05, 4.69) is 109 Å². The van der Waals surface area contributed by atoms with E-state index in [1.807, 2.05) is 36.4 Å². The number of pyridine rings is 2. The molecular weight excluding hydrogens is 677 g/mol. The van der Waals surface area contributed by atoms with Gasteiger partial charge in [0.2, 0.25) is 0 Å². The molecule has 0 aliphatic heterocycles. The fraction of sp³-hybridized carbons (Fsp3) is 0. The molecule has 0 N–H and O–H groups in total. The van der Waals surface area contributed by atoms with Gasteiger partial charge >= 0.3 is 0 Å². The minimum atomic E-state index is 0.833. The second-order valence-electron chi connectivity index (χ2n) is 13.2. The van der Waals surface area contributed by atoms with E-state index in [4.69, 9.17) is 18.8 Å². The number of benzene rings is 6. The number of para-hydroxylation sites is 2. The van der Waals surface area contributed by atoms with Crippen LogP contribution in [0, 0.1) is 0 Å². The van der Waals surface area contributed by atoms with Gasteiger partial charge in [0.25, 0.3) is 0 Å². The first kappa shape index (κ1) is 28.4. The lowest BCUT2D eigenvalue weighted by Gasteiger charge is -2.09. The SMILES string of the molecule is c1ccc2c(c1)oc1c(-c3ccc(-c4ccc(-c5c6oc7ccccc7c6nc6c5sc5ccccc56)cc4)cc3)c3sc4ccccc4c3nc12. The Bertz CT molecular complexity index is 3000. The normalized spacial score (nSPS) is 12.2. The molecule has 0 atom stereocenters. The minimum Gasteiger partial charge on any atom is -0.454 e.